The van der Waals surface area contributed by atoms with Crippen molar-refractivity contribution in [1.82, 2.24) is 0 Å². The molecule has 0 heterocycles. The lowest BCUT2D eigenvalue weighted by molar-refractivity contribution is 0.114. The Morgan fingerprint density at radius 2 is 1.62 bits per heavy atom. The van der Waals surface area contributed by atoms with Gasteiger partial charge in [-0.15, -0.1) is 0 Å². The van der Waals surface area contributed by atoms with Gasteiger partial charge in [-0.05, 0) is 93.2 Å². The maximum absolute atomic E-state index is 13.5. The fraction of sp³-hybridized carbons (Fsp3) is 0.619. The predicted molar refractivity (Wildman–Crippen MR) is 91.3 cm³/mol. The summed E-state index contributed by atoms with van der Waals surface area (Å²) in [5, 5.41) is 0. The van der Waals surface area contributed by atoms with Crippen molar-refractivity contribution >= 4 is 0 Å². The summed E-state index contributed by atoms with van der Waals surface area (Å²) in [5.74, 6) is -1.03. The first-order valence-electron chi connectivity index (χ1n) is 9.34. The molecule has 0 N–H and O–H groups in total. The van der Waals surface area contributed by atoms with E-state index in [0.29, 0.717) is 11.5 Å². The van der Waals surface area contributed by atoms with Gasteiger partial charge in [-0.2, -0.15) is 0 Å². The van der Waals surface area contributed by atoms with Crippen molar-refractivity contribution in [2.75, 3.05) is 0 Å². The van der Waals surface area contributed by atoms with Gasteiger partial charge in [0.2, 0.25) is 0 Å². The van der Waals surface area contributed by atoms with Crippen LogP contribution in [-0.2, 0) is 0 Å². The molecule has 2 fully saturated rings. The summed E-state index contributed by atoms with van der Waals surface area (Å²) in [6.45, 7) is 2.07. The number of rotatable bonds is 4. The molecule has 0 amide bonds. The highest BCUT2D eigenvalue weighted by atomic mass is 19.2. The summed E-state index contributed by atoms with van der Waals surface area (Å²) in [6.07, 6.45) is 13.7. The summed E-state index contributed by atoms with van der Waals surface area (Å²) >= 11 is 0. The lowest BCUT2D eigenvalue weighted by atomic mass is 9.63. The van der Waals surface area contributed by atoms with E-state index in [1.807, 2.05) is 0 Å². The molecule has 0 aliphatic heterocycles. The third-order valence-electron chi connectivity index (χ3n) is 6.18. The highest BCUT2D eigenvalue weighted by Gasteiger charge is 2.36. The molecular weight excluding hydrogens is 309 g/mol. The first-order chi connectivity index (χ1) is 11.6. The molecule has 0 aromatic heterocycles. The van der Waals surface area contributed by atoms with E-state index in [-0.39, 0.29) is 5.92 Å². The number of hydrogen-bond donors (Lipinski definition) is 0. The molecule has 0 spiro atoms. The van der Waals surface area contributed by atoms with Crippen molar-refractivity contribution in [1.29, 1.82) is 0 Å². The fourth-order valence-corrected chi connectivity index (χ4v) is 4.86. The van der Waals surface area contributed by atoms with Crippen molar-refractivity contribution in [2.24, 2.45) is 17.8 Å². The standard InChI is InChI=1S/C21H27F3/c1-2-3-4-5-14-6-7-16-11-17(9-8-15(16)10-14)18-12-19(22)21(24)20(23)13-18/h2-3,12-17H,4-11H2,1H3/t14-,15-,16-,17?/m1/s1. The second-order valence-corrected chi connectivity index (χ2v) is 7.65. The van der Waals surface area contributed by atoms with Gasteiger partial charge in [-0.1, -0.05) is 18.6 Å². The van der Waals surface area contributed by atoms with Crippen LogP contribution in [0.25, 0.3) is 0 Å². The Bertz CT molecular complexity index is 570. The van der Waals surface area contributed by atoms with Gasteiger partial charge in [0.25, 0.3) is 0 Å². The zero-order valence-corrected chi connectivity index (χ0v) is 14.4. The van der Waals surface area contributed by atoms with Crippen LogP contribution in [0.3, 0.4) is 0 Å². The van der Waals surface area contributed by atoms with Gasteiger partial charge in [0.1, 0.15) is 0 Å². The predicted octanol–water partition coefficient (Wildman–Crippen LogP) is 6.76. The molecule has 3 heteroatoms. The Hall–Kier alpha value is -1.25. The topological polar surface area (TPSA) is 0 Å². The van der Waals surface area contributed by atoms with E-state index in [2.05, 4.69) is 19.1 Å². The van der Waals surface area contributed by atoms with Crippen LogP contribution in [-0.4, -0.2) is 0 Å². The molecule has 132 valence electrons. The van der Waals surface area contributed by atoms with Gasteiger partial charge >= 0.3 is 0 Å². The zero-order chi connectivity index (χ0) is 17.1. The molecule has 1 aromatic rings. The minimum absolute atomic E-state index is 0.176. The molecule has 2 aliphatic rings. The minimum Gasteiger partial charge on any atom is -0.204 e. The van der Waals surface area contributed by atoms with E-state index in [0.717, 1.165) is 31.1 Å². The molecule has 24 heavy (non-hydrogen) atoms. The second-order valence-electron chi connectivity index (χ2n) is 7.65. The van der Waals surface area contributed by atoms with Crippen LogP contribution in [0, 0.1) is 35.2 Å². The Morgan fingerprint density at radius 1 is 0.958 bits per heavy atom. The third-order valence-corrected chi connectivity index (χ3v) is 6.18. The molecular formula is C21H27F3. The normalized spacial score (nSPS) is 30.5. The van der Waals surface area contributed by atoms with Gasteiger partial charge < -0.3 is 0 Å². The Labute approximate surface area is 143 Å². The van der Waals surface area contributed by atoms with Crippen LogP contribution in [0.1, 0.15) is 69.8 Å². The maximum Gasteiger partial charge on any atom is 0.194 e. The molecule has 2 aliphatic carbocycles. The Morgan fingerprint density at radius 3 is 2.33 bits per heavy atom. The van der Waals surface area contributed by atoms with Crippen molar-refractivity contribution in [2.45, 2.75) is 64.2 Å². The van der Waals surface area contributed by atoms with Crippen LogP contribution in [0.4, 0.5) is 13.2 Å². The fourth-order valence-electron chi connectivity index (χ4n) is 4.86. The monoisotopic (exact) mass is 336 g/mol. The SMILES string of the molecule is CC=CCC[C@@H]1CC[C@@H]2CC(c3cc(F)c(F)c(F)c3)CC[C@@H]2C1. The summed E-state index contributed by atoms with van der Waals surface area (Å²) in [7, 11) is 0. The van der Waals surface area contributed by atoms with Crippen LogP contribution < -0.4 is 0 Å². The first kappa shape index (κ1) is 17.6. The van der Waals surface area contributed by atoms with Crippen molar-refractivity contribution < 1.29 is 13.2 Å². The van der Waals surface area contributed by atoms with E-state index in [1.54, 1.807) is 0 Å². The quantitative estimate of drug-likeness (QED) is 0.421. The second kappa shape index (κ2) is 7.76. The van der Waals surface area contributed by atoms with Crippen LogP contribution in [0.5, 0.6) is 0 Å². The van der Waals surface area contributed by atoms with Gasteiger partial charge in [0, 0.05) is 0 Å². The van der Waals surface area contributed by atoms with E-state index in [1.165, 1.54) is 44.2 Å². The molecule has 0 radical (unpaired) electrons. The number of benzene rings is 1. The largest absolute Gasteiger partial charge is 0.204 e. The smallest absolute Gasteiger partial charge is 0.194 e. The van der Waals surface area contributed by atoms with Crippen molar-refractivity contribution in [3.05, 3.63) is 47.3 Å². The van der Waals surface area contributed by atoms with Crippen molar-refractivity contribution in [3.63, 3.8) is 0 Å². The molecule has 4 atom stereocenters. The van der Waals surface area contributed by atoms with Crippen LogP contribution >= 0.6 is 0 Å². The van der Waals surface area contributed by atoms with Gasteiger partial charge in [-0.25, -0.2) is 13.2 Å². The molecule has 3 rings (SSSR count). The van der Waals surface area contributed by atoms with Crippen LogP contribution in [0.2, 0.25) is 0 Å². The zero-order valence-electron chi connectivity index (χ0n) is 14.4. The van der Waals surface area contributed by atoms with Crippen molar-refractivity contribution in [3.8, 4) is 0 Å². The molecule has 1 aromatic carbocycles. The molecule has 0 saturated heterocycles. The number of allylic oxidation sites excluding steroid dienone is 2. The van der Waals surface area contributed by atoms with E-state index in [4.69, 9.17) is 0 Å². The van der Waals surface area contributed by atoms with Gasteiger partial charge in [0.05, 0.1) is 0 Å². The summed E-state index contributed by atoms with van der Waals surface area (Å²) in [5.41, 5.74) is 0.639. The Balaban J connectivity index is 1.60. The molecule has 0 bridgehead atoms. The maximum atomic E-state index is 13.5. The van der Waals surface area contributed by atoms with Gasteiger partial charge in [0.15, 0.2) is 17.5 Å². The average molecular weight is 336 g/mol. The van der Waals surface area contributed by atoms with E-state index >= 15 is 0 Å². The Kier molecular flexibility index (Phi) is 5.68. The number of fused-ring (bicyclic) bond motifs is 1. The third kappa shape index (κ3) is 3.87. The minimum atomic E-state index is -1.35. The number of halogens is 3. The average Bonchev–Trinajstić information content (AvgIpc) is 2.59. The number of hydrogen-bond acceptors (Lipinski definition) is 0. The lowest BCUT2D eigenvalue weighted by Gasteiger charge is -2.42. The highest BCUT2D eigenvalue weighted by molar-refractivity contribution is 5.24. The van der Waals surface area contributed by atoms with E-state index < -0.39 is 17.5 Å². The first-order valence-corrected chi connectivity index (χ1v) is 9.34. The van der Waals surface area contributed by atoms with Crippen LogP contribution in [0.15, 0.2) is 24.3 Å². The lowest BCUT2D eigenvalue weighted by Crippen LogP contribution is -2.30. The highest BCUT2D eigenvalue weighted by Crippen LogP contribution is 2.48. The molecule has 1 unspecified atom stereocenters. The molecule has 2 saturated carbocycles. The summed E-state index contributed by atoms with van der Waals surface area (Å²) in [6, 6.07) is 2.40. The summed E-state index contributed by atoms with van der Waals surface area (Å²) in [4.78, 5) is 0. The molecule has 0 nitrogen and oxygen atoms in total. The summed E-state index contributed by atoms with van der Waals surface area (Å²) < 4.78 is 40.2. The van der Waals surface area contributed by atoms with E-state index in [9.17, 15) is 13.2 Å². The van der Waals surface area contributed by atoms with Gasteiger partial charge in [-0.3, -0.25) is 0 Å².